The van der Waals surface area contributed by atoms with Crippen LogP contribution in [0.2, 0.25) is 0 Å². The fourth-order valence-electron chi connectivity index (χ4n) is 3.15. The van der Waals surface area contributed by atoms with Gasteiger partial charge in [0.25, 0.3) is 5.97 Å². The van der Waals surface area contributed by atoms with Gasteiger partial charge in [0.2, 0.25) is 0 Å². The monoisotopic (exact) mass is 463 g/mol. The summed E-state index contributed by atoms with van der Waals surface area (Å²) in [5.41, 5.74) is 0.865. The van der Waals surface area contributed by atoms with Gasteiger partial charge in [-0.05, 0) is 55.5 Å². The molecule has 3 rings (SSSR count). The van der Waals surface area contributed by atoms with Crippen LogP contribution in [0.4, 0.5) is 0 Å². The Morgan fingerprint density at radius 1 is 1.19 bits per heavy atom. The largest absolute Gasteiger partial charge is 0.493 e. The van der Waals surface area contributed by atoms with Crippen molar-refractivity contribution >= 4 is 22.4 Å². The average molecular weight is 464 g/mol. The lowest BCUT2D eigenvalue weighted by Gasteiger charge is -2.30. The Labute approximate surface area is 188 Å². The molecule has 1 aliphatic heterocycles. The molecule has 0 aliphatic carbocycles. The van der Waals surface area contributed by atoms with Gasteiger partial charge in [0, 0.05) is 26.1 Å². The highest BCUT2D eigenvalue weighted by molar-refractivity contribution is 7.87. The zero-order valence-electron chi connectivity index (χ0n) is 18.2. The molecule has 0 saturated carbocycles. The van der Waals surface area contributed by atoms with Gasteiger partial charge in [0.1, 0.15) is 22.7 Å². The van der Waals surface area contributed by atoms with Gasteiger partial charge >= 0.3 is 10.1 Å². The second-order valence-corrected chi connectivity index (χ2v) is 8.95. The lowest BCUT2D eigenvalue weighted by Crippen LogP contribution is -2.34. The Balaban J connectivity index is 0.000000837. The molecule has 1 heterocycles. The first-order chi connectivity index (χ1) is 15.2. The predicted octanol–water partition coefficient (Wildman–Crippen LogP) is 2.85. The molecule has 1 saturated heterocycles. The molecule has 0 radical (unpaired) electrons. The van der Waals surface area contributed by atoms with Crippen LogP contribution in [0.25, 0.3) is 0 Å². The first kappa shape index (κ1) is 25.0. The number of carbonyl (C=O) groups is 1. The first-order valence-electron chi connectivity index (χ1n) is 10.1. The van der Waals surface area contributed by atoms with Crippen molar-refractivity contribution in [2.45, 2.75) is 31.6 Å². The molecule has 0 spiro atoms. The smallest absolute Gasteiger partial charge is 0.339 e. The molecule has 0 amide bonds. The van der Waals surface area contributed by atoms with Crippen LogP contribution in [-0.2, 0) is 14.9 Å². The number of nitrogens with zero attached hydrogens (tertiary/aromatic N) is 2. The highest BCUT2D eigenvalue weighted by Crippen LogP contribution is 2.27. The third-order valence-corrected chi connectivity index (χ3v) is 5.89. The molecule has 174 valence electrons. The van der Waals surface area contributed by atoms with E-state index in [4.69, 9.17) is 24.7 Å². The summed E-state index contributed by atoms with van der Waals surface area (Å²) < 4.78 is 36.1. The number of likely N-dealkylation sites (tertiary alicyclic amines) is 1. The predicted molar refractivity (Wildman–Crippen MR) is 121 cm³/mol. The molecule has 32 heavy (non-hydrogen) atoms. The van der Waals surface area contributed by atoms with Gasteiger partial charge in [-0.2, -0.15) is 13.5 Å². The standard InChI is InChI=1S/C20H25N3O4S.C2H4O2/c1-16-11-18(26-14-17-7-9-23(10-8-17)15-22-21)13-19(12-16)27-28(24,25)20-5-3-2-4-6-20;1-2(3)4/h2-6,11-13,15,17H,7-10,14,21H2,1H3;1H3,(H,3,4). The second kappa shape index (κ2) is 11.9. The van der Waals surface area contributed by atoms with Crippen molar-refractivity contribution in [3.8, 4) is 11.5 Å². The summed E-state index contributed by atoms with van der Waals surface area (Å²) in [7, 11) is -3.88. The minimum Gasteiger partial charge on any atom is -0.493 e. The van der Waals surface area contributed by atoms with Gasteiger partial charge in [0.05, 0.1) is 6.61 Å². The summed E-state index contributed by atoms with van der Waals surface area (Å²) in [5, 5.41) is 11.0. The number of hydrogen-bond acceptors (Lipinski definition) is 7. The van der Waals surface area contributed by atoms with Crippen molar-refractivity contribution in [1.82, 2.24) is 4.90 Å². The molecule has 3 N–H and O–H groups in total. The van der Waals surface area contributed by atoms with Crippen LogP contribution in [0.5, 0.6) is 11.5 Å². The van der Waals surface area contributed by atoms with Gasteiger partial charge in [-0.1, -0.05) is 18.2 Å². The summed E-state index contributed by atoms with van der Waals surface area (Å²) in [6.07, 6.45) is 3.64. The maximum absolute atomic E-state index is 12.4. The van der Waals surface area contributed by atoms with E-state index in [1.54, 1.807) is 36.7 Å². The van der Waals surface area contributed by atoms with E-state index in [2.05, 4.69) is 10.0 Å². The summed E-state index contributed by atoms with van der Waals surface area (Å²) in [6, 6.07) is 13.2. The summed E-state index contributed by atoms with van der Waals surface area (Å²) in [4.78, 5) is 11.2. The Bertz CT molecular complexity index is 1000. The molecule has 0 aromatic heterocycles. The van der Waals surface area contributed by atoms with Crippen LogP contribution in [0.15, 0.2) is 58.5 Å². The second-order valence-electron chi connectivity index (χ2n) is 7.41. The molecule has 2 aromatic carbocycles. The molecular weight excluding hydrogens is 434 g/mol. The van der Waals surface area contributed by atoms with Crippen LogP contribution in [0.1, 0.15) is 25.3 Å². The molecule has 10 heteroatoms. The third kappa shape index (κ3) is 8.46. The summed E-state index contributed by atoms with van der Waals surface area (Å²) >= 11 is 0. The number of carboxylic acids is 1. The number of piperidine rings is 1. The van der Waals surface area contributed by atoms with Crippen molar-refractivity contribution in [2.75, 3.05) is 19.7 Å². The van der Waals surface area contributed by atoms with Crippen LogP contribution >= 0.6 is 0 Å². The Hall–Kier alpha value is -3.27. The van der Waals surface area contributed by atoms with E-state index in [0.29, 0.717) is 18.3 Å². The van der Waals surface area contributed by atoms with Crippen LogP contribution < -0.4 is 14.8 Å². The van der Waals surface area contributed by atoms with Crippen molar-refractivity contribution in [1.29, 1.82) is 0 Å². The molecule has 9 nitrogen and oxygen atoms in total. The van der Waals surface area contributed by atoms with Crippen LogP contribution in [-0.4, -0.2) is 50.4 Å². The number of hydrogen-bond donors (Lipinski definition) is 2. The Kier molecular flexibility index (Phi) is 9.33. The topological polar surface area (TPSA) is 132 Å². The zero-order chi connectivity index (χ0) is 23.6. The molecule has 1 fully saturated rings. The number of nitrogens with two attached hydrogens (primary N) is 1. The minimum absolute atomic E-state index is 0.117. The normalized spacial score (nSPS) is 14.5. The highest BCUT2D eigenvalue weighted by atomic mass is 32.2. The first-order valence-corrected chi connectivity index (χ1v) is 11.5. The van der Waals surface area contributed by atoms with E-state index >= 15 is 0 Å². The Morgan fingerprint density at radius 3 is 2.38 bits per heavy atom. The van der Waals surface area contributed by atoms with Crippen molar-refractivity contribution in [3.05, 3.63) is 54.1 Å². The molecule has 0 unspecified atom stereocenters. The zero-order valence-corrected chi connectivity index (χ0v) is 19.0. The van der Waals surface area contributed by atoms with E-state index in [-0.39, 0.29) is 10.6 Å². The maximum Gasteiger partial charge on any atom is 0.339 e. The van der Waals surface area contributed by atoms with E-state index in [0.717, 1.165) is 38.4 Å². The molecule has 0 atom stereocenters. The van der Waals surface area contributed by atoms with E-state index in [1.165, 1.54) is 12.1 Å². The fourth-order valence-corrected chi connectivity index (χ4v) is 4.09. The van der Waals surface area contributed by atoms with Crippen molar-refractivity contribution in [2.24, 2.45) is 16.9 Å². The van der Waals surface area contributed by atoms with Gasteiger partial charge in [-0.15, -0.1) is 0 Å². The number of aryl methyl sites for hydroxylation is 1. The van der Waals surface area contributed by atoms with Crippen molar-refractivity contribution < 1.29 is 27.2 Å². The van der Waals surface area contributed by atoms with E-state index in [9.17, 15) is 8.42 Å². The summed E-state index contributed by atoms with van der Waals surface area (Å²) in [5.74, 6) is 5.63. The molecule has 0 bridgehead atoms. The van der Waals surface area contributed by atoms with Crippen LogP contribution in [0.3, 0.4) is 0 Å². The van der Waals surface area contributed by atoms with Crippen LogP contribution in [0, 0.1) is 12.8 Å². The van der Waals surface area contributed by atoms with Gasteiger partial charge in [-0.3, -0.25) is 4.79 Å². The highest BCUT2D eigenvalue weighted by Gasteiger charge is 2.19. The van der Waals surface area contributed by atoms with Crippen molar-refractivity contribution in [3.63, 3.8) is 0 Å². The number of benzene rings is 2. The number of ether oxygens (including phenoxy) is 1. The van der Waals surface area contributed by atoms with E-state index < -0.39 is 16.1 Å². The maximum atomic E-state index is 12.4. The molecule has 2 aromatic rings. The minimum atomic E-state index is -3.88. The summed E-state index contributed by atoms with van der Waals surface area (Å²) in [6.45, 7) is 5.32. The Morgan fingerprint density at radius 2 is 1.78 bits per heavy atom. The lowest BCUT2D eigenvalue weighted by molar-refractivity contribution is -0.134. The molecular formula is C22H29N3O6S. The third-order valence-electron chi connectivity index (χ3n) is 4.63. The fraction of sp³-hybridized carbons (Fsp3) is 0.364. The van der Waals surface area contributed by atoms with Gasteiger partial charge in [-0.25, -0.2) is 0 Å². The number of hydrazone groups is 1. The SMILES string of the molecule is CC(=O)O.Cc1cc(OCC2CCN(C=NN)CC2)cc(OS(=O)(=O)c2ccccc2)c1. The quantitative estimate of drug-likeness (QED) is 0.211. The average Bonchev–Trinajstić information content (AvgIpc) is 2.73. The number of aliphatic carboxylic acids is 1. The number of carboxylic acid groups (broad SMARTS) is 1. The molecule has 1 aliphatic rings. The van der Waals surface area contributed by atoms with E-state index in [1.807, 2.05) is 13.0 Å². The lowest BCUT2D eigenvalue weighted by atomic mass is 9.98. The number of rotatable bonds is 7. The van der Waals surface area contributed by atoms with Gasteiger partial charge < -0.3 is 24.8 Å². The van der Waals surface area contributed by atoms with Gasteiger partial charge in [0.15, 0.2) is 0 Å².